The second kappa shape index (κ2) is 12.8. The van der Waals surface area contributed by atoms with Crippen molar-refractivity contribution < 1.29 is 28.7 Å². The molecule has 4 rings (SSSR count). The summed E-state index contributed by atoms with van der Waals surface area (Å²) in [6, 6.07) is 19.1. The molecule has 0 saturated carbocycles. The summed E-state index contributed by atoms with van der Waals surface area (Å²) in [7, 11) is 1.26. The summed E-state index contributed by atoms with van der Waals surface area (Å²) >= 11 is 0. The lowest BCUT2D eigenvalue weighted by molar-refractivity contribution is -0.141. The predicted molar refractivity (Wildman–Crippen MR) is 148 cm³/mol. The van der Waals surface area contributed by atoms with Gasteiger partial charge < -0.3 is 31.2 Å². The number of para-hydroxylation sites is 1. The van der Waals surface area contributed by atoms with Crippen molar-refractivity contribution in [3.8, 4) is 5.75 Å². The van der Waals surface area contributed by atoms with Crippen LogP contribution in [-0.2, 0) is 45.2 Å². The third-order valence-corrected chi connectivity index (χ3v) is 6.82. The Kier molecular flexibility index (Phi) is 9.00. The number of hydrogen-bond acceptors (Lipinski definition) is 7. The van der Waals surface area contributed by atoms with Gasteiger partial charge in [-0.1, -0.05) is 48.5 Å². The van der Waals surface area contributed by atoms with Crippen molar-refractivity contribution >= 4 is 29.4 Å². The third-order valence-electron chi connectivity index (χ3n) is 6.82. The Hall–Kier alpha value is -4.86. The van der Waals surface area contributed by atoms with E-state index in [9.17, 15) is 19.2 Å². The summed E-state index contributed by atoms with van der Waals surface area (Å²) in [6.07, 6.45) is 0.268. The highest BCUT2D eigenvalue weighted by Gasteiger charge is 2.37. The van der Waals surface area contributed by atoms with E-state index in [0.717, 1.165) is 16.7 Å². The maximum Gasteiger partial charge on any atom is 0.305 e. The van der Waals surface area contributed by atoms with E-state index in [1.807, 2.05) is 42.5 Å². The summed E-state index contributed by atoms with van der Waals surface area (Å²) < 4.78 is 10.7. The van der Waals surface area contributed by atoms with Gasteiger partial charge >= 0.3 is 5.97 Å². The van der Waals surface area contributed by atoms with Crippen LogP contribution in [0.2, 0.25) is 0 Å². The van der Waals surface area contributed by atoms with Crippen molar-refractivity contribution in [2.45, 2.75) is 45.0 Å². The number of ether oxygens (including phenoxy) is 2. The van der Waals surface area contributed by atoms with E-state index in [1.165, 1.54) is 12.0 Å². The fourth-order valence-electron chi connectivity index (χ4n) is 4.57. The van der Waals surface area contributed by atoms with Gasteiger partial charge in [0.1, 0.15) is 18.4 Å². The molecule has 40 heavy (non-hydrogen) atoms. The van der Waals surface area contributed by atoms with E-state index in [2.05, 4.69) is 10.1 Å². The first-order chi connectivity index (χ1) is 19.3. The molecule has 1 atom stereocenters. The number of amides is 3. The Labute approximate surface area is 232 Å². The van der Waals surface area contributed by atoms with Crippen molar-refractivity contribution in [2.24, 2.45) is 5.73 Å². The van der Waals surface area contributed by atoms with Gasteiger partial charge in [-0.3, -0.25) is 19.2 Å². The standard InChI is InChI=1S/C30H32N4O6/c1-39-28(36)14-13-25(29(32)37)34-17-23-22(30(34)38)6-4-8-26(23)40-18-20-11-9-19(10-12-20)15-27(35)33-16-21-5-2-3-7-24(21)31/h2-12,25H,13-18,31H2,1H3,(H2,32,37)(H,33,35). The molecule has 0 fully saturated rings. The molecule has 5 N–H and O–H groups in total. The van der Waals surface area contributed by atoms with Gasteiger partial charge in [0.15, 0.2) is 0 Å². The summed E-state index contributed by atoms with van der Waals surface area (Å²) in [5.41, 5.74) is 15.8. The Morgan fingerprint density at radius 3 is 2.42 bits per heavy atom. The van der Waals surface area contributed by atoms with Crippen LogP contribution in [0.4, 0.5) is 5.69 Å². The number of nitrogen functional groups attached to an aromatic ring is 1. The highest BCUT2D eigenvalue weighted by atomic mass is 16.5. The Bertz CT molecular complexity index is 1410. The minimum atomic E-state index is -0.943. The first kappa shape index (κ1) is 28.2. The number of benzene rings is 3. The fraction of sp³-hybridized carbons (Fsp3) is 0.267. The molecular formula is C30H32N4O6. The van der Waals surface area contributed by atoms with Gasteiger partial charge in [-0.2, -0.15) is 0 Å². The topological polar surface area (TPSA) is 154 Å². The smallest absolute Gasteiger partial charge is 0.305 e. The first-order valence-corrected chi connectivity index (χ1v) is 12.9. The molecule has 0 bridgehead atoms. The van der Waals surface area contributed by atoms with Crippen LogP contribution in [0, 0.1) is 0 Å². The Morgan fingerprint density at radius 1 is 1.00 bits per heavy atom. The minimum Gasteiger partial charge on any atom is -0.489 e. The molecular weight excluding hydrogens is 512 g/mol. The van der Waals surface area contributed by atoms with Gasteiger partial charge in [0.25, 0.3) is 5.91 Å². The predicted octanol–water partition coefficient (Wildman–Crippen LogP) is 2.47. The highest BCUT2D eigenvalue weighted by molar-refractivity contribution is 6.01. The largest absolute Gasteiger partial charge is 0.489 e. The number of anilines is 1. The average Bonchev–Trinajstić information content (AvgIpc) is 3.28. The van der Waals surface area contributed by atoms with Crippen LogP contribution in [0.3, 0.4) is 0 Å². The number of carbonyl (C=O) groups is 4. The second-order valence-electron chi connectivity index (χ2n) is 9.51. The molecule has 3 aromatic carbocycles. The lowest BCUT2D eigenvalue weighted by atomic mass is 10.1. The molecule has 0 aliphatic carbocycles. The van der Waals surface area contributed by atoms with E-state index < -0.39 is 17.9 Å². The van der Waals surface area contributed by atoms with E-state index in [1.54, 1.807) is 24.3 Å². The molecule has 208 valence electrons. The van der Waals surface area contributed by atoms with Gasteiger partial charge in [-0.25, -0.2) is 0 Å². The number of nitrogens with two attached hydrogens (primary N) is 2. The fourth-order valence-corrected chi connectivity index (χ4v) is 4.57. The van der Waals surface area contributed by atoms with Gasteiger partial charge in [0, 0.05) is 29.8 Å². The zero-order valence-electron chi connectivity index (χ0n) is 22.2. The average molecular weight is 545 g/mol. The second-order valence-corrected chi connectivity index (χ2v) is 9.51. The van der Waals surface area contributed by atoms with Crippen LogP contribution in [0.1, 0.15) is 45.5 Å². The molecule has 3 aromatic rings. The molecule has 0 spiro atoms. The number of primary amides is 1. The van der Waals surface area contributed by atoms with Crippen LogP contribution in [0.25, 0.3) is 0 Å². The van der Waals surface area contributed by atoms with Crippen molar-refractivity contribution in [3.63, 3.8) is 0 Å². The zero-order valence-corrected chi connectivity index (χ0v) is 22.2. The van der Waals surface area contributed by atoms with Gasteiger partial charge in [-0.05, 0) is 41.3 Å². The number of carbonyl (C=O) groups excluding carboxylic acids is 4. The highest BCUT2D eigenvalue weighted by Crippen LogP contribution is 2.33. The number of methoxy groups -OCH3 is 1. The third kappa shape index (κ3) is 6.76. The zero-order chi connectivity index (χ0) is 28.6. The van der Waals surface area contributed by atoms with E-state index in [4.69, 9.17) is 16.2 Å². The number of nitrogens with zero attached hydrogens (tertiary/aromatic N) is 1. The molecule has 10 nitrogen and oxygen atoms in total. The Morgan fingerprint density at radius 2 is 1.73 bits per heavy atom. The van der Waals surface area contributed by atoms with Gasteiger partial charge in [0.2, 0.25) is 11.8 Å². The molecule has 0 radical (unpaired) electrons. The van der Waals surface area contributed by atoms with E-state index in [-0.39, 0.29) is 44.2 Å². The quantitative estimate of drug-likeness (QED) is 0.234. The normalized spacial score (nSPS) is 12.9. The van der Waals surface area contributed by atoms with Crippen molar-refractivity contribution in [2.75, 3.05) is 12.8 Å². The van der Waals surface area contributed by atoms with Crippen LogP contribution < -0.4 is 21.5 Å². The lowest BCUT2D eigenvalue weighted by Crippen LogP contribution is -2.45. The molecule has 1 aliphatic rings. The lowest BCUT2D eigenvalue weighted by Gasteiger charge is -2.24. The van der Waals surface area contributed by atoms with E-state index >= 15 is 0 Å². The van der Waals surface area contributed by atoms with Gasteiger partial charge in [-0.15, -0.1) is 0 Å². The number of nitrogens with one attached hydrogen (secondary N) is 1. The maximum atomic E-state index is 13.1. The number of fused-ring (bicyclic) bond motifs is 1. The molecule has 1 unspecified atom stereocenters. The summed E-state index contributed by atoms with van der Waals surface area (Å²) in [6.45, 7) is 0.748. The summed E-state index contributed by atoms with van der Waals surface area (Å²) in [5, 5.41) is 2.88. The summed E-state index contributed by atoms with van der Waals surface area (Å²) in [5.74, 6) is -1.10. The van der Waals surface area contributed by atoms with Gasteiger partial charge in [0.05, 0.1) is 20.1 Å². The Balaban J connectivity index is 1.34. The molecule has 0 aromatic heterocycles. The maximum absolute atomic E-state index is 13.1. The monoisotopic (exact) mass is 544 g/mol. The van der Waals surface area contributed by atoms with Crippen LogP contribution in [0.15, 0.2) is 66.7 Å². The van der Waals surface area contributed by atoms with Crippen LogP contribution in [0.5, 0.6) is 5.75 Å². The first-order valence-electron chi connectivity index (χ1n) is 12.9. The van der Waals surface area contributed by atoms with Crippen molar-refractivity contribution in [3.05, 3.63) is 94.5 Å². The van der Waals surface area contributed by atoms with Crippen molar-refractivity contribution in [1.29, 1.82) is 0 Å². The van der Waals surface area contributed by atoms with Crippen LogP contribution >= 0.6 is 0 Å². The molecule has 0 saturated heterocycles. The molecule has 1 aliphatic heterocycles. The number of hydrogen-bond donors (Lipinski definition) is 3. The SMILES string of the molecule is COC(=O)CCC(C(N)=O)N1Cc2c(OCc3ccc(CC(=O)NCc4ccccc4N)cc3)cccc2C1=O. The number of esters is 1. The van der Waals surface area contributed by atoms with E-state index in [0.29, 0.717) is 29.1 Å². The van der Waals surface area contributed by atoms with Crippen molar-refractivity contribution in [1.82, 2.24) is 10.2 Å². The minimum absolute atomic E-state index is 0.0348. The molecule has 1 heterocycles. The number of rotatable bonds is 12. The van der Waals surface area contributed by atoms with Crippen LogP contribution in [-0.4, -0.2) is 41.7 Å². The molecule has 10 heteroatoms. The molecule has 3 amide bonds. The summed E-state index contributed by atoms with van der Waals surface area (Å²) in [4.78, 5) is 50.5.